The van der Waals surface area contributed by atoms with Crippen LogP contribution in [0.25, 0.3) is 11.4 Å². The van der Waals surface area contributed by atoms with E-state index in [9.17, 15) is 4.79 Å². The molecule has 1 saturated heterocycles. The normalized spacial score (nSPS) is 17.1. The van der Waals surface area contributed by atoms with Gasteiger partial charge in [-0.25, -0.2) is 4.79 Å². The van der Waals surface area contributed by atoms with E-state index in [1.807, 2.05) is 12.1 Å². The summed E-state index contributed by atoms with van der Waals surface area (Å²) in [5, 5.41) is 11.7. The molecule has 1 aliphatic heterocycles. The Kier molecular flexibility index (Phi) is 4.81. The van der Waals surface area contributed by atoms with Crippen LogP contribution in [0, 0.1) is 0 Å². The molecule has 3 heterocycles. The molecule has 2 aromatic heterocycles. The first-order chi connectivity index (χ1) is 13.1. The molecule has 140 valence electrons. The van der Waals surface area contributed by atoms with Gasteiger partial charge in [-0.1, -0.05) is 16.8 Å². The van der Waals surface area contributed by atoms with E-state index in [1.165, 1.54) is 0 Å². The molecule has 1 atom stereocenters. The number of anilines is 1. The van der Waals surface area contributed by atoms with Gasteiger partial charge in [0.1, 0.15) is 5.82 Å². The number of halogens is 1. The van der Waals surface area contributed by atoms with Crippen molar-refractivity contribution in [1.29, 1.82) is 0 Å². The minimum absolute atomic E-state index is 0.0181. The zero-order valence-electron chi connectivity index (χ0n) is 14.8. The van der Waals surface area contributed by atoms with E-state index in [0.29, 0.717) is 35.6 Å². The van der Waals surface area contributed by atoms with Gasteiger partial charge in [-0.3, -0.25) is 10.00 Å². The molecule has 1 aliphatic rings. The average molecular weight is 387 g/mol. The number of aryl methyl sites for hydroxylation is 1. The average Bonchev–Trinajstić information content (AvgIpc) is 3.32. The van der Waals surface area contributed by atoms with Gasteiger partial charge in [0.05, 0.1) is 12.1 Å². The van der Waals surface area contributed by atoms with Gasteiger partial charge in [0.15, 0.2) is 0 Å². The van der Waals surface area contributed by atoms with Crippen molar-refractivity contribution in [2.24, 2.45) is 7.05 Å². The van der Waals surface area contributed by atoms with Gasteiger partial charge in [-0.15, -0.1) is 0 Å². The molecular formula is C18H19ClN6O2. The first-order valence-corrected chi connectivity index (χ1v) is 9.11. The number of carbonyl (C=O) groups is 1. The Morgan fingerprint density at radius 3 is 2.85 bits per heavy atom. The van der Waals surface area contributed by atoms with Crippen LogP contribution in [0.5, 0.6) is 0 Å². The Bertz CT molecular complexity index is 935. The second kappa shape index (κ2) is 7.40. The molecule has 1 aromatic carbocycles. The number of nitrogens with zero attached hydrogens (tertiary/aromatic N) is 5. The van der Waals surface area contributed by atoms with Gasteiger partial charge in [0, 0.05) is 36.8 Å². The van der Waals surface area contributed by atoms with Crippen molar-refractivity contribution in [1.82, 2.24) is 24.8 Å². The summed E-state index contributed by atoms with van der Waals surface area (Å²) in [7, 11) is 1.78. The van der Waals surface area contributed by atoms with Gasteiger partial charge in [-0.2, -0.15) is 10.1 Å². The van der Waals surface area contributed by atoms with Crippen molar-refractivity contribution in [3.05, 3.63) is 47.4 Å². The summed E-state index contributed by atoms with van der Waals surface area (Å²) in [6.07, 6.45) is 3.42. The lowest BCUT2D eigenvalue weighted by molar-refractivity contribution is 0.184. The molecule has 0 saturated carbocycles. The summed E-state index contributed by atoms with van der Waals surface area (Å²) in [4.78, 5) is 18.8. The standard InChI is InChI=1S/C18H19ClN6O2/c1-24-15(8-9-20-24)21-18(26)25-10-2-3-13(11-25)17-22-16(23-27-17)12-4-6-14(19)7-5-12/h4-9,13H,2-3,10-11H2,1H3,(H,21,26). The van der Waals surface area contributed by atoms with Crippen molar-refractivity contribution in [2.75, 3.05) is 18.4 Å². The van der Waals surface area contributed by atoms with E-state index in [-0.39, 0.29) is 11.9 Å². The molecule has 2 amide bonds. The highest BCUT2D eigenvalue weighted by molar-refractivity contribution is 6.30. The van der Waals surface area contributed by atoms with E-state index in [2.05, 4.69) is 20.6 Å². The van der Waals surface area contributed by atoms with Gasteiger partial charge in [-0.05, 0) is 37.1 Å². The highest BCUT2D eigenvalue weighted by Crippen LogP contribution is 2.28. The quantitative estimate of drug-likeness (QED) is 0.743. The molecule has 9 heteroatoms. The number of likely N-dealkylation sites (tertiary alicyclic amines) is 1. The van der Waals surface area contributed by atoms with Crippen LogP contribution in [0.3, 0.4) is 0 Å². The van der Waals surface area contributed by atoms with Crippen LogP contribution >= 0.6 is 11.6 Å². The third kappa shape index (κ3) is 3.80. The fraction of sp³-hybridized carbons (Fsp3) is 0.333. The summed E-state index contributed by atoms with van der Waals surface area (Å²) in [6.45, 7) is 1.23. The number of benzene rings is 1. The lowest BCUT2D eigenvalue weighted by Crippen LogP contribution is -2.42. The molecule has 1 unspecified atom stereocenters. The van der Waals surface area contributed by atoms with Crippen LogP contribution < -0.4 is 5.32 Å². The van der Waals surface area contributed by atoms with E-state index in [1.54, 1.807) is 41.0 Å². The number of amides is 2. The maximum Gasteiger partial charge on any atom is 0.323 e. The fourth-order valence-electron chi connectivity index (χ4n) is 3.17. The molecule has 0 aliphatic carbocycles. The molecule has 1 fully saturated rings. The molecule has 0 bridgehead atoms. The monoisotopic (exact) mass is 386 g/mol. The Morgan fingerprint density at radius 2 is 2.11 bits per heavy atom. The van der Waals surface area contributed by atoms with Crippen molar-refractivity contribution < 1.29 is 9.32 Å². The number of piperidine rings is 1. The first-order valence-electron chi connectivity index (χ1n) is 8.73. The lowest BCUT2D eigenvalue weighted by atomic mass is 9.98. The van der Waals surface area contributed by atoms with Crippen LogP contribution in [0.1, 0.15) is 24.7 Å². The maximum atomic E-state index is 12.5. The minimum Gasteiger partial charge on any atom is -0.339 e. The summed E-state index contributed by atoms with van der Waals surface area (Å²) in [5.74, 6) is 1.76. The minimum atomic E-state index is -0.152. The number of carbonyl (C=O) groups excluding carboxylic acids is 1. The summed E-state index contributed by atoms with van der Waals surface area (Å²) >= 11 is 5.92. The topological polar surface area (TPSA) is 89.1 Å². The largest absolute Gasteiger partial charge is 0.339 e. The Balaban J connectivity index is 1.44. The maximum absolute atomic E-state index is 12.5. The van der Waals surface area contributed by atoms with E-state index < -0.39 is 0 Å². The van der Waals surface area contributed by atoms with Crippen LogP contribution in [-0.2, 0) is 7.05 Å². The molecule has 0 radical (unpaired) electrons. The SMILES string of the molecule is Cn1nccc1NC(=O)N1CCCC(c2nc(-c3ccc(Cl)cc3)no2)C1. The highest BCUT2D eigenvalue weighted by Gasteiger charge is 2.29. The van der Waals surface area contributed by atoms with Gasteiger partial charge >= 0.3 is 6.03 Å². The summed E-state index contributed by atoms with van der Waals surface area (Å²) in [5.41, 5.74) is 0.844. The predicted octanol–water partition coefficient (Wildman–Crippen LogP) is 3.54. The van der Waals surface area contributed by atoms with Crippen molar-refractivity contribution in [2.45, 2.75) is 18.8 Å². The van der Waals surface area contributed by atoms with E-state index in [4.69, 9.17) is 16.1 Å². The molecular weight excluding hydrogens is 368 g/mol. The Hall–Kier alpha value is -2.87. The third-order valence-electron chi connectivity index (χ3n) is 4.66. The number of hydrogen-bond donors (Lipinski definition) is 1. The van der Waals surface area contributed by atoms with Gasteiger partial charge in [0.2, 0.25) is 11.7 Å². The number of hydrogen-bond acceptors (Lipinski definition) is 5. The van der Waals surface area contributed by atoms with Crippen molar-refractivity contribution in [3.63, 3.8) is 0 Å². The number of rotatable bonds is 3. The molecule has 3 aromatic rings. The summed E-state index contributed by atoms with van der Waals surface area (Å²) in [6, 6.07) is 8.89. The zero-order valence-corrected chi connectivity index (χ0v) is 15.6. The molecule has 8 nitrogen and oxygen atoms in total. The van der Waals surface area contributed by atoms with Crippen LogP contribution in [0.2, 0.25) is 5.02 Å². The molecule has 1 N–H and O–H groups in total. The van der Waals surface area contributed by atoms with Gasteiger partial charge < -0.3 is 9.42 Å². The van der Waals surface area contributed by atoms with Crippen molar-refractivity contribution in [3.8, 4) is 11.4 Å². The predicted molar refractivity (Wildman–Crippen MR) is 101 cm³/mol. The smallest absolute Gasteiger partial charge is 0.323 e. The number of aromatic nitrogens is 4. The van der Waals surface area contributed by atoms with Crippen LogP contribution in [0.4, 0.5) is 10.6 Å². The Morgan fingerprint density at radius 1 is 1.30 bits per heavy atom. The zero-order chi connectivity index (χ0) is 18.8. The molecule has 0 spiro atoms. The van der Waals surface area contributed by atoms with E-state index in [0.717, 1.165) is 18.4 Å². The second-order valence-electron chi connectivity index (χ2n) is 6.52. The van der Waals surface area contributed by atoms with Crippen LogP contribution in [0.15, 0.2) is 41.1 Å². The van der Waals surface area contributed by atoms with Crippen molar-refractivity contribution >= 4 is 23.4 Å². The first kappa shape index (κ1) is 17.5. The Labute approximate surface area is 161 Å². The molecule has 27 heavy (non-hydrogen) atoms. The second-order valence-corrected chi connectivity index (χ2v) is 6.95. The molecule has 4 rings (SSSR count). The fourth-order valence-corrected chi connectivity index (χ4v) is 3.29. The highest BCUT2D eigenvalue weighted by atomic mass is 35.5. The van der Waals surface area contributed by atoms with Crippen LogP contribution in [-0.4, -0.2) is 43.9 Å². The van der Waals surface area contributed by atoms with Gasteiger partial charge in [0.25, 0.3) is 0 Å². The third-order valence-corrected chi connectivity index (χ3v) is 4.91. The number of urea groups is 1. The summed E-state index contributed by atoms with van der Waals surface area (Å²) < 4.78 is 7.10. The number of nitrogens with one attached hydrogen (secondary N) is 1. The van der Waals surface area contributed by atoms with E-state index >= 15 is 0 Å². The lowest BCUT2D eigenvalue weighted by Gasteiger charge is -2.30.